The van der Waals surface area contributed by atoms with E-state index in [0.717, 1.165) is 12.1 Å². The number of benzene rings is 1. The first-order chi connectivity index (χ1) is 7.49. The van der Waals surface area contributed by atoms with E-state index in [1.54, 1.807) is 6.92 Å². The van der Waals surface area contributed by atoms with Crippen LogP contribution < -0.4 is 0 Å². The second-order valence-corrected chi connectivity index (χ2v) is 3.65. The van der Waals surface area contributed by atoms with Crippen LogP contribution in [-0.4, -0.2) is 10.8 Å². The predicted octanol–water partition coefficient (Wildman–Crippen LogP) is 3.02. The van der Waals surface area contributed by atoms with E-state index >= 15 is 0 Å². The number of Topliss-reactive ketones (excluding diaryl/α,β-unsaturated/α-hetero) is 1. The van der Waals surface area contributed by atoms with Crippen molar-refractivity contribution in [2.75, 3.05) is 0 Å². The molecule has 0 aliphatic rings. The number of halogens is 2. The number of ketones is 1. The molecule has 1 heterocycles. The third kappa shape index (κ3) is 1.66. The Labute approximate surface area is 90.9 Å². The van der Waals surface area contributed by atoms with Gasteiger partial charge in [-0.1, -0.05) is 0 Å². The van der Waals surface area contributed by atoms with E-state index < -0.39 is 11.6 Å². The summed E-state index contributed by atoms with van der Waals surface area (Å²) >= 11 is 0. The number of hydrogen-bond donors (Lipinski definition) is 0. The molecular formula is C12H9F2NO. The van der Waals surface area contributed by atoms with Gasteiger partial charge in [-0.05, 0) is 26.0 Å². The van der Waals surface area contributed by atoms with Crippen molar-refractivity contribution in [3.63, 3.8) is 0 Å². The highest BCUT2D eigenvalue weighted by Gasteiger charge is 2.12. The first-order valence-corrected chi connectivity index (χ1v) is 4.76. The summed E-state index contributed by atoms with van der Waals surface area (Å²) in [7, 11) is 0. The van der Waals surface area contributed by atoms with Crippen LogP contribution in [0, 0.1) is 18.6 Å². The molecule has 0 bridgehead atoms. The molecule has 0 radical (unpaired) electrons. The van der Waals surface area contributed by atoms with Crippen molar-refractivity contribution in [2.24, 2.45) is 0 Å². The van der Waals surface area contributed by atoms with Gasteiger partial charge < -0.3 is 0 Å². The maximum atomic E-state index is 13.5. The summed E-state index contributed by atoms with van der Waals surface area (Å²) in [4.78, 5) is 15.3. The molecule has 0 amide bonds. The summed E-state index contributed by atoms with van der Waals surface area (Å²) in [6, 6.07) is 3.42. The van der Waals surface area contributed by atoms with Crippen LogP contribution in [0.25, 0.3) is 10.9 Å². The molecule has 16 heavy (non-hydrogen) atoms. The molecule has 0 fully saturated rings. The monoisotopic (exact) mass is 221 g/mol. The van der Waals surface area contributed by atoms with Crippen LogP contribution >= 0.6 is 0 Å². The van der Waals surface area contributed by atoms with E-state index in [-0.39, 0.29) is 16.7 Å². The average molecular weight is 221 g/mol. The molecule has 4 heteroatoms. The third-order valence-corrected chi connectivity index (χ3v) is 2.34. The van der Waals surface area contributed by atoms with Crippen LogP contribution in [0.1, 0.15) is 23.0 Å². The van der Waals surface area contributed by atoms with Gasteiger partial charge in [-0.2, -0.15) is 0 Å². The van der Waals surface area contributed by atoms with E-state index in [4.69, 9.17) is 0 Å². The van der Waals surface area contributed by atoms with Crippen LogP contribution in [0.5, 0.6) is 0 Å². The number of aromatic nitrogens is 1. The van der Waals surface area contributed by atoms with E-state index in [2.05, 4.69) is 4.98 Å². The molecule has 2 rings (SSSR count). The van der Waals surface area contributed by atoms with E-state index in [1.807, 2.05) is 0 Å². The highest BCUT2D eigenvalue weighted by molar-refractivity contribution is 6.06. The van der Waals surface area contributed by atoms with Crippen molar-refractivity contribution in [1.29, 1.82) is 0 Å². The Hall–Kier alpha value is -1.84. The van der Waals surface area contributed by atoms with Crippen LogP contribution in [0.2, 0.25) is 0 Å². The van der Waals surface area contributed by atoms with E-state index in [1.165, 1.54) is 13.0 Å². The maximum Gasteiger partial charge on any atom is 0.160 e. The van der Waals surface area contributed by atoms with Crippen molar-refractivity contribution < 1.29 is 13.6 Å². The van der Waals surface area contributed by atoms with Gasteiger partial charge in [-0.25, -0.2) is 13.8 Å². The Bertz CT molecular complexity index is 593. The Morgan fingerprint density at radius 3 is 2.56 bits per heavy atom. The number of carbonyl (C=O) groups is 1. The smallest absolute Gasteiger partial charge is 0.160 e. The first kappa shape index (κ1) is 10.7. The standard InChI is InChI=1S/C12H9F2NO/c1-6-3-9(7(2)16)10-4-8(13)5-11(14)12(10)15-6/h3-5H,1-2H3. The van der Waals surface area contributed by atoms with Crippen LogP contribution in [0.4, 0.5) is 8.78 Å². The normalized spacial score (nSPS) is 10.8. The maximum absolute atomic E-state index is 13.5. The molecule has 0 atom stereocenters. The highest BCUT2D eigenvalue weighted by atomic mass is 19.1. The lowest BCUT2D eigenvalue weighted by atomic mass is 10.0. The van der Waals surface area contributed by atoms with Gasteiger partial charge in [0.1, 0.15) is 11.3 Å². The Kier molecular flexibility index (Phi) is 2.42. The largest absolute Gasteiger partial charge is 0.294 e. The van der Waals surface area contributed by atoms with Gasteiger partial charge in [0.15, 0.2) is 11.6 Å². The number of hydrogen-bond acceptors (Lipinski definition) is 2. The number of carbonyl (C=O) groups excluding carboxylic acids is 1. The fraction of sp³-hybridized carbons (Fsp3) is 0.167. The minimum Gasteiger partial charge on any atom is -0.294 e. The third-order valence-electron chi connectivity index (χ3n) is 2.34. The fourth-order valence-corrected chi connectivity index (χ4v) is 1.67. The van der Waals surface area contributed by atoms with Gasteiger partial charge in [0.05, 0.1) is 0 Å². The van der Waals surface area contributed by atoms with Crippen LogP contribution in [-0.2, 0) is 0 Å². The fourth-order valence-electron chi connectivity index (χ4n) is 1.67. The molecule has 1 aromatic heterocycles. The molecule has 0 aliphatic heterocycles. The lowest BCUT2D eigenvalue weighted by Gasteiger charge is -2.05. The predicted molar refractivity (Wildman–Crippen MR) is 56.4 cm³/mol. The summed E-state index contributed by atoms with van der Waals surface area (Å²) < 4.78 is 26.5. The molecule has 0 unspecified atom stereocenters. The minimum absolute atomic E-state index is 0.0339. The number of aryl methyl sites for hydroxylation is 1. The molecular weight excluding hydrogens is 212 g/mol. The lowest BCUT2D eigenvalue weighted by Crippen LogP contribution is -1.99. The lowest BCUT2D eigenvalue weighted by molar-refractivity contribution is 0.101. The number of nitrogens with zero attached hydrogens (tertiary/aromatic N) is 1. The van der Waals surface area contributed by atoms with Gasteiger partial charge in [-0.3, -0.25) is 4.79 Å². The zero-order valence-electron chi connectivity index (χ0n) is 8.84. The van der Waals surface area contributed by atoms with Crippen LogP contribution in [0.3, 0.4) is 0 Å². The van der Waals surface area contributed by atoms with E-state index in [9.17, 15) is 13.6 Å². The zero-order valence-corrected chi connectivity index (χ0v) is 8.84. The van der Waals surface area contributed by atoms with Crippen molar-refractivity contribution in [1.82, 2.24) is 4.98 Å². The second-order valence-electron chi connectivity index (χ2n) is 3.65. The molecule has 2 aromatic rings. The van der Waals surface area contributed by atoms with E-state index in [0.29, 0.717) is 11.3 Å². The molecule has 82 valence electrons. The summed E-state index contributed by atoms with van der Waals surface area (Å²) in [6.45, 7) is 3.02. The molecule has 0 aliphatic carbocycles. The number of rotatable bonds is 1. The highest BCUT2D eigenvalue weighted by Crippen LogP contribution is 2.22. The Morgan fingerprint density at radius 2 is 1.94 bits per heavy atom. The Morgan fingerprint density at radius 1 is 1.25 bits per heavy atom. The summed E-state index contributed by atoms with van der Waals surface area (Å²) in [5.41, 5.74) is 0.857. The summed E-state index contributed by atoms with van der Waals surface area (Å²) in [6.07, 6.45) is 0. The van der Waals surface area contributed by atoms with Gasteiger partial charge in [0.25, 0.3) is 0 Å². The molecule has 2 nitrogen and oxygen atoms in total. The van der Waals surface area contributed by atoms with Gasteiger partial charge in [-0.15, -0.1) is 0 Å². The van der Waals surface area contributed by atoms with Crippen molar-refractivity contribution in [3.8, 4) is 0 Å². The van der Waals surface area contributed by atoms with Gasteiger partial charge >= 0.3 is 0 Å². The number of fused-ring (bicyclic) bond motifs is 1. The SMILES string of the molecule is CC(=O)c1cc(C)nc2c(F)cc(F)cc12. The molecule has 0 saturated heterocycles. The molecule has 0 spiro atoms. The minimum atomic E-state index is -0.749. The molecule has 1 aromatic carbocycles. The Balaban J connectivity index is 2.95. The quantitative estimate of drug-likeness (QED) is 0.693. The average Bonchev–Trinajstić information content (AvgIpc) is 2.18. The summed E-state index contributed by atoms with van der Waals surface area (Å²) in [5.74, 6) is -1.69. The van der Waals surface area contributed by atoms with Crippen molar-refractivity contribution >= 4 is 16.7 Å². The molecule has 0 N–H and O–H groups in total. The van der Waals surface area contributed by atoms with Gasteiger partial charge in [0.2, 0.25) is 0 Å². The number of pyridine rings is 1. The second kappa shape index (κ2) is 3.63. The van der Waals surface area contributed by atoms with Gasteiger partial charge in [0, 0.05) is 22.7 Å². The van der Waals surface area contributed by atoms with Crippen molar-refractivity contribution in [3.05, 3.63) is 41.1 Å². The molecule has 0 saturated carbocycles. The van der Waals surface area contributed by atoms with Crippen LogP contribution in [0.15, 0.2) is 18.2 Å². The first-order valence-electron chi connectivity index (χ1n) is 4.76. The summed E-state index contributed by atoms with van der Waals surface area (Å²) in [5, 5.41) is 0.218. The zero-order chi connectivity index (χ0) is 11.9. The topological polar surface area (TPSA) is 30.0 Å². The van der Waals surface area contributed by atoms with Crippen molar-refractivity contribution in [2.45, 2.75) is 13.8 Å².